The Morgan fingerprint density at radius 3 is 2.58 bits per heavy atom. The molecule has 1 aromatic heterocycles. The summed E-state index contributed by atoms with van der Waals surface area (Å²) in [7, 11) is 1.64. The van der Waals surface area contributed by atoms with Crippen LogP contribution in [-0.4, -0.2) is 31.2 Å². The Hall–Kier alpha value is -3.20. The molecule has 9 heteroatoms. The van der Waals surface area contributed by atoms with E-state index in [0.29, 0.717) is 24.7 Å². The van der Waals surface area contributed by atoms with Gasteiger partial charge in [-0.3, -0.25) is 4.99 Å². The van der Waals surface area contributed by atoms with E-state index in [1.54, 1.807) is 43.5 Å². The number of aromatic nitrogens is 1. The number of halogens is 2. The summed E-state index contributed by atoms with van der Waals surface area (Å²) < 4.78 is 35.9. The average molecular weight is 447 g/mol. The fourth-order valence-corrected chi connectivity index (χ4v) is 3.63. The second kappa shape index (κ2) is 11.3. The maximum Gasteiger partial charge on any atom is 0.387 e. The Kier molecular flexibility index (Phi) is 8.17. The first-order valence-electron chi connectivity index (χ1n) is 9.74. The Labute approximate surface area is 184 Å². The van der Waals surface area contributed by atoms with Gasteiger partial charge in [-0.2, -0.15) is 8.78 Å². The van der Waals surface area contributed by atoms with Gasteiger partial charge in [-0.25, -0.2) is 4.98 Å². The van der Waals surface area contributed by atoms with Crippen molar-refractivity contribution in [2.24, 2.45) is 4.99 Å². The molecule has 0 atom stereocenters. The van der Waals surface area contributed by atoms with E-state index < -0.39 is 6.61 Å². The molecule has 0 saturated carbocycles. The van der Waals surface area contributed by atoms with Gasteiger partial charge in [0.15, 0.2) is 17.5 Å². The number of nitrogens with one attached hydrogen (secondary N) is 2. The maximum atomic E-state index is 12.9. The van der Waals surface area contributed by atoms with Gasteiger partial charge in [-0.05, 0) is 13.0 Å². The fourth-order valence-electron chi connectivity index (χ4n) is 2.88. The van der Waals surface area contributed by atoms with Gasteiger partial charge in [0, 0.05) is 30.1 Å². The first-order chi connectivity index (χ1) is 15.1. The van der Waals surface area contributed by atoms with Gasteiger partial charge in [0.1, 0.15) is 5.01 Å². The molecule has 2 N–H and O–H groups in total. The number of guanidine groups is 1. The van der Waals surface area contributed by atoms with Crippen LogP contribution in [0.2, 0.25) is 0 Å². The van der Waals surface area contributed by atoms with Gasteiger partial charge in [-0.1, -0.05) is 42.5 Å². The highest BCUT2D eigenvalue weighted by atomic mass is 32.1. The van der Waals surface area contributed by atoms with E-state index in [1.165, 1.54) is 0 Å². The van der Waals surface area contributed by atoms with Crippen LogP contribution in [0.15, 0.2) is 58.9 Å². The Bertz CT molecular complexity index is 996. The highest BCUT2D eigenvalue weighted by Gasteiger charge is 2.16. The van der Waals surface area contributed by atoms with Crippen molar-refractivity contribution in [3.63, 3.8) is 0 Å². The van der Waals surface area contributed by atoms with Crippen LogP contribution in [0.4, 0.5) is 8.78 Å². The predicted octanol–water partition coefficient (Wildman–Crippen LogP) is 4.68. The maximum absolute atomic E-state index is 12.9. The average Bonchev–Trinajstić information content (AvgIpc) is 3.25. The lowest BCUT2D eigenvalue weighted by Crippen LogP contribution is -2.36. The molecule has 1 heterocycles. The monoisotopic (exact) mass is 446 g/mol. The third-order valence-corrected chi connectivity index (χ3v) is 5.11. The lowest BCUT2D eigenvalue weighted by Gasteiger charge is -2.17. The molecule has 0 saturated heterocycles. The molecule has 31 heavy (non-hydrogen) atoms. The number of para-hydroxylation sites is 1. The minimum atomic E-state index is -2.94. The number of rotatable bonds is 9. The summed E-state index contributed by atoms with van der Waals surface area (Å²) in [5.74, 6) is 0.817. The molecule has 3 aromatic rings. The van der Waals surface area contributed by atoms with E-state index in [9.17, 15) is 8.78 Å². The molecule has 164 valence electrons. The Balaban J connectivity index is 1.61. The van der Waals surface area contributed by atoms with Crippen molar-refractivity contribution < 1.29 is 18.3 Å². The summed E-state index contributed by atoms with van der Waals surface area (Å²) in [5.41, 5.74) is 2.52. The minimum Gasteiger partial charge on any atom is -0.490 e. The van der Waals surface area contributed by atoms with Gasteiger partial charge in [0.25, 0.3) is 0 Å². The van der Waals surface area contributed by atoms with Crippen LogP contribution in [0.25, 0.3) is 11.3 Å². The van der Waals surface area contributed by atoms with Crippen LogP contribution >= 0.6 is 11.3 Å². The van der Waals surface area contributed by atoms with Crippen molar-refractivity contribution in [2.75, 3.05) is 13.7 Å². The molecule has 0 amide bonds. The SMILES string of the molecule is CCOc1cccc(CNC(=NC)NCc2nc(-c3ccccc3)cs2)c1OC(F)F. The van der Waals surface area contributed by atoms with Crippen LogP contribution in [0.5, 0.6) is 11.5 Å². The molecule has 0 aliphatic carbocycles. The molecule has 6 nitrogen and oxygen atoms in total. The lowest BCUT2D eigenvalue weighted by molar-refractivity contribution is -0.0520. The second-order valence-corrected chi connectivity index (χ2v) is 7.27. The highest BCUT2D eigenvalue weighted by molar-refractivity contribution is 7.09. The number of nitrogens with zero attached hydrogens (tertiary/aromatic N) is 2. The van der Waals surface area contributed by atoms with Crippen molar-refractivity contribution in [2.45, 2.75) is 26.6 Å². The van der Waals surface area contributed by atoms with Crippen LogP contribution in [0.3, 0.4) is 0 Å². The molecule has 3 rings (SSSR count). The van der Waals surface area contributed by atoms with E-state index in [1.807, 2.05) is 35.7 Å². The predicted molar refractivity (Wildman–Crippen MR) is 119 cm³/mol. The first kappa shape index (κ1) is 22.5. The van der Waals surface area contributed by atoms with E-state index >= 15 is 0 Å². The summed E-state index contributed by atoms with van der Waals surface area (Å²) in [4.78, 5) is 8.82. The number of thiazole rings is 1. The minimum absolute atomic E-state index is 0.0229. The normalized spacial score (nSPS) is 11.5. The van der Waals surface area contributed by atoms with Crippen LogP contribution < -0.4 is 20.1 Å². The molecule has 0 radical (unpaired) electrons. The third-order valence-electron chi connectivity index (χ3n) is 4.27. The molecule has 0 unspecified atom stereocenters. The summed E-state index contributed by atoms with van der Waals surface area (Å²) in [6.07, 6.45) is 0. The summed E-state index contributed by atoms with van der Waals surface area (Å²) in [6, 6.07) is 15.0. The lowest BCUT2D eigenvalue weighted by atomic mass is 10.2. The quantitative estimate of drug-likeness (QED) is 0.369. The first-order valence-corrected chi connectivity index (χ1v) is 10.6. The Morgan fingerprint density at radius 1 is 1.10 bits per heavy atom. The van der Waals surface area contributed by atoms with Crippen molar-refractivity contribution >= 4 is 17.3 Å². The van der Waals surface area contributed by atoms with Crippen LogP contribution in [0, 0.1) is 0 Å². The van der Waals surface area contributed by atoms with E-state index in [2.05, 4.69) is 20.6 Å². The van der Waals surface area contributed by atoms with Crippen molar-refractivity contribution in [1.29, 1.82) is 0 Å². The molecule has 2 aromatic carbocycles. The topological polar surface area (TPSA) is 67.8 Å². The van der Waals surface area contributed by atoms with Crippen molar-refractivity contribution in [3.05, 3.63) is 64.5 Å². The van der Waals surface area contributed by atoms with E-state index in [-0.39, 0.29) is 18.0 Å². The van der Waals surface area contributed by atoms with E-state index in [4.69, 9.17) is 9.47 Å². The second-order valence-electron chi connectivity index (χ2n) is 6.33. The number of alkyl halides is 2. The standard InChI is InChI=1S/C22H24F2N4O2S/c1-3-29-18-11-7-10-16(20(18)30-21(23)24)12-26-22(25-2)27-13-19-28-17(14-31-19)15-8-5-4-6-9-15/h4-11,14,21H,3,12-13H2,1-2H3,(H2,25,26,27). The van der Waals surface area contributed by atoms with Crippen LogP contribution in [-0.2, 0) is 13.1 Å². The molecule has 0 bridgehead atoms. The molecule has 0 aliphatic rings. The zero-order chi connectivity index (χ0) is 22.1. The fraction of sp³-hybridized carbons (Fsp3) is 0.273. The van der Waals surface area contributed by atoms with Gasteiger partial charge in [0.05, 0.1) is 18.8 Å². The molecule has 0 aliphatic heterocycles. The van der Waals surface area contributed by atoms with Gasteiger partial charge >= 0.3 is 6.61 Å². The Morgan fingerprint density at radius 2 is 1.87 bits per heavy atom. The molecule has 0 fully saturated rings. The largest absolute Gasteiger partial charge is 0.490 e. The highest BCUT2D eigenvalue weighted by Crippen LogP contribution is 2.32. The number of ether oxygens (including phenoxy) is 2. The van der Waals surface area contributed by atoms with Gasteiger partial charge in [0.2, 0.25) is 0 Å². The molecular weight excluding hydrogens is 422 g/mol. The van der Waals surface area contributed by atoms with Gasteiger partial charge < -0.3 is 20.1 Å². The number of hydrogen-bond acceptors (Lipinski definition) is 5. The molecular formula is C22H24F2N4O2S. The number of aliphatic imine (C=N–C) groups is 1. The number of benzene rings is 2. The smallest absolute Gasteiger partial charge is 0.387 e. The number of hydrogen-bond donors (Lipinski definition) is 2. The zero-order valence-corrected chi connectivity index (χ0v) is 18.1. The summed E-state index contributed by atoms with van der Waals surface area (Å²) in [6.45, 7) is -0.100. The molecule has 0 spiro atoms. The van der Waals surface area contributed by atoms with Crippen molar-refractivity contribution in [1.82, 2.24) is 15.6 Å². The third kappa shape index (κ3) is 6.39. The summed E-state index contributed by atoms with van der Waals surface area (Å²) >= 11 is 1.55. The van der Waals surface area contributed by atoms with Gasteiger partial charge in [-0.15, -0.1) is 11.3 Å². The van der Waals surface area contributed by atoms with Crippen molar-refractivity contribution in [3.8, 4) is 22.8 Å². The zero-order valence-electron chi connectivity index (χ0n) is 17.3. The van der Waals surface area contributed by atoms with E-state index in [0.717, 1.165) is 16.3 Å². The van der Waals surface area contributed by atoms with Crippen LogP contribution in [0.1, 0.15) is 17.5 Å². The summed E-state index contributed by atoms with van der Waals surface area (Å²) in [5, 5.41) is 9.21.